The van der Waals surface area contributed by atoms with E-state index >= 15 is 0 Å². The highest BCUT2D eigenvalue weighted by Crippen LogP contribution is 2.32. The first-order valence-electron chi connectivity index (χ1n) is 41.5. The van der Waals surface area contributed by atoms with Crippen molar-refractivity contribution >= 4 is 34.1 Å². The highest BCUT2D eigenvalue weighted by Gasteiger charge is 2.33. The van der Waals surface area contributed by atoms with Crippen LogP contribution in [-0.4, -0.2) is 244 Å². The molecule has 23 nitrogen and oxygen atoms in total. The van der Waals surface area contributed by atoms with Gasteiger partial charge in [-0.05, 0) is 160 Å². The van der Waals surface area contributed by atoms with Crippen LogP contribution in [0.5, 0.6) is 0 Å². The Balaban J connectivity index is 0.000000187. The van der Waals surface area contributed by atoms with Crippen LogP contribution in [0.4, 0.5) is 34.1 Å². The van der Waals surface area contributed by atoms with E-state index in [1.165, 1.54) is 5.69 Å². The molecule has 6 aliphatic rings. The van der Waals surface area contributed by atoms with E-state index in [4.69, 9.17) is 23.7 Å². The lowest BCUT2D eigenvalue weighted by Gasteiger charge is -2.37. The first kappa shape index (κ1) is 92.4. The Morgan fingerprint density at radius 2 is 0.491 bits per heavy atom. The molecule has 0 amide bonds. The van der Waals surface area contributed by atoms with Crippen LogP contribution in [0.3, 0.4) is 0 Å². The van der Waals surface area contributed by atoms with E-state index in [0.29, 0.717) is 74.6 Å². The molecule has 12 heterocycles. The Labute approximate surface area is 671 Å². The summed E-state index contributed by atoms with van der Waals surface area (Å²) in [4.78, 5) is 40.8. The molecule has 12 rings (SSSR count). The van der Waals surface area contributed by atoms with Crippen molar-refractivity contribution in [3.05, 3.63) is 144 Å². The average Bonchev–Trinajstić information content (AvgIpc) is 0.862. The van der Waals surface area contributed by atoms with Gasteiger partial charge in [-0.2, -0.15) is 0 Å². The summed E-state index contributed by atoms with van der Waals surface area (Å²) < 4.78 is 25.9. The topological polar surface area (TPSA) is 264 Å². The predicted molar refractivity (Wildman–Crippen MR) is 453 cm³/mol. The van der Waals surface area contributed by atoms with Gasteiger partial charge in [0.2, 0.25) is 0 Å². The molecule has 0 radical (unpaired) electrons. The number of piperidine rings is 6. The van der Waals surface area contributed by atoms with Gasteiger partial charge in [0.1, 0.15) is 0 Å². The van der Waals surface area contributed by atoms with Crippen LogP contribution in [-0.2, 0) is 23.7 Å². The zero-order valence-corrected chi connectivity index (χ0v) is 71.1. The summed E-state index contributed by atoms with van der Waals surface area (Å²) in [6, 6.07) is 25.8. The molecule has 23 heteroatoms. The minimum Gasteiger partial charge on any atom is -0.393 e. The maximum atomic E-state index is 9.96. The minimum atomic E-state index is -0.251. The van der Waals surface area contributed by atoms with Crippen molar-refractivity contribution in [2.45, 2.75) is 213 Å². The van der Waals surface area contributed by atoms with Crippen LogP contribution in [0.25, 0.3) is 0 Å². The van der Waals surface area contributed by atoms with Gasteiger partial charge >= 0.3 is 0 Å². The molecule has 112 heavy (non-hydrogen) atoms. The number of pyridine rings is 6. The number of rotatable bonds is 22. The summed E-state index contributed by atoms with van der Waals surface area (Å²) in [5.74, 6) is 3.68. The molecule has 0 saturated carbocycles. The molecule has 0 bridgehead atoms. The van der Waals surface area contributed by atoms with Gasteiger partial charge in [-0.1, -0.05) is 83.1 Å². The van der Waals surface area contributed by atoms with E-state index in [0.717, 1.165) is 180 Å². The molecule has 624 valence electrons. The highest BCUT2D eigenvalue weighted by atomic mass is 16.5. The third kappa shape index (κ3) is 28.6. The largest absolute Gasteiger partial charge is 0.393 e. The number of anilines is 6. The summed E-state index contributed by atoms with van der Waals surface area (Å²) in [5.41, 5.74) is 13.6. The fraction of sp³-hybridized carbons (Fsp3) is 0.663. The number of hydrogen-bond acceptors (Lipinski definition) is 23. The standard InChI is InChI=1S/5C15H24N2O2.C14H22N2O/c5*1-11(2)14-5-4-13(8-16-14)17-7-6-15(18)12(9-17)10-19-3;1-10(2)14-5-4-12(9-15-14)16-7-6-13(17)8-11(16)3/h5*4-5,8,11-12,15,18H,6-7,9-10H2,1-3H3;4-5,9-11,13,17H,6-8H2,1-3H3/t2*12-,15+;2*12-,15-;;/m1010../s1. The van der Waals surface area contributed by atoms with E-state index in [1.54, 1.807) is 35.5 Å². The molecule has 6 aromatic rings. The van der Waals surface area contributed by atoms with Crippen molar-refractivity contribution in [3.63, 3.8) is 0 Å². The van der Waals surface area contributed by atoms with Gasteiger partial charge in [0.05, 0.1) is 141 Å². The van der Waals surface area contributed by atoms with Crippen LogP contribution in [0.2, 0.25) is 0 Å². The van der Waals surface area contributed by atoms with Crippen LogP contribution < -0.4 is 29.4 Å². The monoisotopic (exact) mass is 1560 g/mol. The van der Waals surface area contributed by atoms with E-state index in [9.17, 15) is 30.6 Å². The fourth-order valence-electron chi connectivity index (χ4n) is 15.2. The first-order chi connectivity index (χ1) is 53.6. The highest BCUT2D eigenvalue weighted by molar-refractivity contribution is 5.50. The van der Waals surface area contributed by atoms with Crippen LogP contribution in [0.15, 0.2) is 110 Å². The molecular weight excluding hydrogens is 1410 g/mol. The Morgan fingerprint density at radius 1 is 0.295 bits per heavy atom. The number of nitrogens with zero attached hydrogens (tertiary/aromatic N) is 12. The number of aliphatic hydroxyl groups excluding tert-OH is 6. The van der Waals surface area contributed by atoms with Gasteiger partial charge in [0.15, 0.2) is 0 Å². The molecule has 6 aliphatic heterocycles. The van der Waals surface area contributed by atoms with Gasteiger partial charge in [-0.3, -0.25) is 29.9 Å². The smallest absolute Gasteiger partial charge is 0.0624 e. The zero-order chi connectivity index (χ0) is 81.6. The quantitative estimate of drug-likeness (QED) is 0.0369. The second kappa shape index (κ2) is 47.3. The summed E-state index contributed by atoms with van der Waals surface area (Å²) in [5, 5.41) is 59.4. The Hall–Kier alpha value is -6.74. The summed E-state index contributed by atoms with van der Waals surface area (Å²) in [7, 11) is 8.43. The third-order valence-corrected chi connectivity index (χ3v) is 22.6. The van der Waals surface area contributed by atoms with Crippen molar-refractivity contribution < 1.29 is 54.3 Å². The van der Waals surface area contributed by atoms with Gasteiger partial charge in [0.25, 0.3) is 0 Å². The number of hydrogen-bond donors (Lipinski definition) is 6. The van der Waals surface area contributed by atoms with Gasteiger partial charge in [-0.15, -0.1) is 0 Å². The second-order valence-electron chi connectivity index (χ2n) is 33.4. The lowest BCUT2D eigenvalue weighted by molar-refractivity contribution is 0.0357. The number of aromatic nitrogens is 6. The number of ether oxygens (including phenoxy) is 5. The molecule has 6 saturated heterocycles. The summed E-state index contributed by atoms with van der Waals surface area (Å²) in [6.07, 6.45) is 15.9. The Morgan fingerprint density at radius 3 is 0.652 bits per heavy atom. The van der Waals surface area contributed by atoms with Crippen LogP contribution >= 0.6 is 0 Å². The number of aliphatic hydroxyl groups is 6. The lowest BCUT2D eigenvalue weighted by Crippen LogP contribution is -2.45. The molecule has 12 atom stereocenters. The van der Waals surface area contributed by atoms with Crippen LogP contribution in [0, 0.1) is 29.6 Å². The fourth-order valence-corrected chi connectivity index (χ4v) is 15.2. The third-order valence-electron chi connectivity index (χ3n) is 22.6. The van der Waals surface area contributed by atoms with Gasteiger partial charge in [0, 0.05) is 177 Å². The predicted octanol–water partition coefficient (Wildman–Crippen LogP) is 12.7. The second-order valence-corrected chi connectivity index (χ2v) is 33.4. The zero-order valence-electron chi connectivity index (χ0n) is 71.1. The van der Waals surface area contributed by atoms with Crippen molar-refractivity contribution in [2.24, 2.45) is 29.6 Å². The molecule has 6 fully saturated rings. The maximum absolute atomic E-state index is 9.96. The van der Waals surface area contributed by atoms with E-state index in [1.807, 2.05) is 37.2 Å². The molecular formula is C89H142N12O11. The molecule has 4 unspecified atom stereocenters. The number of methoxy groups -OCH3 is 5. The normalized spacial score (nSPS) is 24.2. The molecule has 6 N–H and O–H groups in total. The van der Waals surface area contributed by atoms with Crippen LogP contribution in [0.1, 0.15) is 205 Å². The minimum absolute atomic E-state index is 0.135. The summed E-state index contributed by atoms with van der Waals surface area (Å²) in [6.45, 7) is 40.4. The molecule has 0 spiro atoms. The van der Waals surface area contributed by atoms with E-state index < -0.39 is 0 Å². The molecule has 0 aliphatic carbocycles. The SMILES string of the molecule is CC(C)c1ccc(N2CCC(O)CC2C)cn1.COCC1CN(c2ccc(C(C)C)nc2)CCC1O.COC[C@@H]1CN(c2ccc(C(C)C)nc2)CC[C@@H]1O.COC[C@@H]1CN(c2ccc(C(C)C)nc2)CC[C@H]1O.COC[C@H]1CN(c2ccc(C(C)C)nc2)CC[C@@H]1O.COC[C@H]1CN(c2ccc(C(C)C)nc2)CC[C@H]1O. The Kier molecular flexibility index (Phi) is 39.1. The molecule has 6 aromatic heterocycles. The maximum Gasteiger partial charge on any atom is 0.0624 e. The van der Waals surface area contributed by atoms with E-state index in [2.05, 4.69) is 222 Å². The summed E-state index contributed by atoms with van der Waals surface area (Å²) >= 11 is 0. The lowest BCUT2D eigenvalue weighted by atomic mass is 9.95. The van der Waals surface area contributed by atoms with Gasteiger partial charge < -0.3 is 83.7 Å². The van der Waals surface area contributed by atoms with Gasteiger partial charge in [-0.25, -0.2) is 0 Å². The van der Waals surface area contributed by atoms with Crippen molar-refractivity contribution in [1.29, 1.82) is 0 Å². The van der Waals surface area contributed by atoms with E-state index in [-0.39, 0.29) is 66.2 Å². The van der Waals surface area contributed by atoms with Crippen molar-refractivity contribution in [1.82, 2.24) is 29.9 Å². The molecule has 0 aromatic carbocycles. The Bertz CT molecular complexity index is 3060. The van der Waals surface area contributed by atoms with Crippen molar-refractivity contribution in [2.75, 3.05) is 170 Å². The first-order valence-corrected chi connectivity index (χ1v) is 41.5. The van der Waals surface area contributed by atoms with Crippen molar-refractivity contribution in [3.8, 4) is 0 Å². The average molecular weight is 1560 g/mol.